The Bertz CT molecular complexity index is 220. The first-order valence-corrected chi connectivity index (χ1v) is 4.43. The van der Waals surface area contributed by atoms with Crippen LogP contribution in [0.4, 0.5) is 0 Å². The Morgan fingerprint density at radius 2 is 2.23 bits per heavy atom. The lowest BCUT2D eigenvalue weighted by Crippen LogP contribution is -2.31. The van der Waals surface area contributed by atoms with Gasteiger partial charge in [-0.1, -0.05) is 11.6 Å². The first-order chi connectivity index (χ1) is 6.00. The normalized spacial score (nSPS) is 37.2. The predicted octanol–water partition coefficient (Wildman–Crippen LogP) is 0.920. The number of hydrogen-bond acceptors (Lipinski definition) is 4. The van der Waals surface area contributed by atoms with Gasteiger partial charge < -0.3 is 14.2 Å². The number of carbonyl (C=O) groups excluding carboxylic acids is 1. The van der Waals surface area contributed by atoms with Gasteiger partial charge in [0.25, 0.3) is 5.06 Å². The van der Waals surface area contributed by atoms with E-state index in [1.165, 1.54) is 7.11 Å². The summed E-state index contributed by atoms with van der Waals surface area (Å²) in [6, 6.07) is 0. The SMILES string of the molecule is CCOCC1(C)OC1(Cl)C(=O)OC. The molecular formula is C8H13ClO4. The molecule has 0 N–H and O–H groups in total. The molecule has 1 aliphatic heterocycles. The number of methoxy groups -OCH3 is 1. The van der Waals surface area contributed by atoms with Crippen LogP contribution in [0.2, 0.25) is 0 Å². The maximum Gasteiger partial charge on any atom is 0.357 e. The lowest BCUT2D eigenvalue weighted by Gasteiger charge is -2.08. The van der Waals surface area contributed by atoms with Gasteiger partial charge in [-0.25, -0.2) is 4.79 Å². The van der Waals surface area contributed by atoms with E-state index in [0.717, 1.165) is 0 Å². The van der Waals surface area contributed by atoms with E-state index in [2.05, 4.69) is 4.74 Å². The van der Waals surface area contributed by atoms with E-state index in [9.17, 15) is 4.79 Å². The number of rotatable bonds is 4. The fourth-order valence-corrected chi connectivity index (χ4v) is 1.39. The molecule has 1 aliphatic rings. The zero-order chi connectivity index (χ0) is 10.1. The summed E-state index contributed by atoms with van der Waals surface area (Å²) >= 11 is 5.86. The molecular weight excluding hydrogens is 196 g/mol. The third-order valence-electron chi connectivity index (χ3n) is 2.03. The summed E-state index contributed by atoms with van der Waals surface area (Å²) in [7, 11) is 1.27. The average Bonchev–Trinajstić information content (AvgIpc) is 2.67. The second-order valence-corrected chi connectivity index (χ2v) is 3.59. The highest BCUT2D eigenvalue weighted by atomic mass is 35.5. The van der Waals surface area contributed by atoms with Crippen LogP contribution in [0.5, 0.6) is 0 Å². The molecule has 76 valence electrons. The maximum atomic E-state index is 11.1. The molecule has 2 unspecified atom stereocenters. The summed E-state index contributed by atoms with van der Waals surface area (Å²) in [6.45, 7) is 4.43. The number of halogens is 1. The Labute approximate surface area is 82.1 Å². The Kier molecular flexibility index (Phi) is 2.85. The first-order valence-electron chi connectivity index (χ1n) is 4.05. The molecule has 0 aromatic rings. The largest absolute Gasteiger partial charge is 0.466 e. The van der Waals surface area contributed by atoms with E-state index in [1.54, 1.807) is 6.92 Å². The summed E-state index contributed by atoms with van der Waals surface area (Å²) in [6.07, 6.45) is 0. The molecule has 0 aromatic carbocycles. The molecule has 2 atom stereocenters. The van der Waals surface area contributed by atoms with Crippen LogP contribution in [0, 0.1) is 0 Å². The molecule has 1 fully saturated rings. The highest BCUT2D eigenvalue weighted by molar-refractivity contribution is 6.35. The Morgan fingerprint density at radius 1 is 1.62 bits per heavy atom. The summed E-state index contributed by atoms with van der Waals surface area (Å²) in [4.78, 5) is 11.1. The third-order valence-corrected chi connectivity index (χ3v) is 2.67. The van der Waals surface area contributed by atoms with Crippen molar-refractivity contribution in [3.8, 4) is 0 Å². The monoisotopic (exact) mass is 208 g/mol. The molecule has 0 bridgehead atoms. The van der Waals surface area contributed by atoms with Crippen molar-refractivity contribution in [1.29, 1.82) is 0 Å². The van der Waals surface area contributed by atoms with Crippen LogP contribution in [0.1, 0.15) is 13.8 Å². The molecule has 0 saturated carbocycles. The van der Waals surface area contributed by atoms with Gasteiger partial charge in [0.2, 0.25) is 0 Å². The highest BCUT2D eigenvalue weighted by Gasteiger charge is 2.73. The molecule has 4 nitrogen and oxygen atoms in total. The highest BCUT2D eigenvalue weighted by Crippen LogP contribution is 2.52. The number of carbonyl (C=O) groups is 1. The van der Waals surface area contributed by atoms with Crippen molar-refractivity contribution in [2.75, 3.05) is 20.3 Å². The van der Waals surface area contributed by atoms with Crippen LogP contribution < -0.4 is 0 Å². The number of hydrogen-bond donors (Lipinski definition) is 0. The maximum absolute atomic E-state index is 11.1. The van der Waals surface area contributed by atoms with Crippen LogP contribution in [-0.2, 0) is 19.0 Å². The van der Waals surface area contributed by atoms with Crippen LogP contribution in [0.3, 0.4) is 0 Å². The molecule has 1 saturated heterocycles. The summed E-state index contributed by atoms with van der Waals surface area (Å²) < 4.78 is 14.7. The van der Waals surface area contributed by atoms with Gasteiger partial charge in [0.05, 0.1) is 13.7 Å². The van der Waals surface area contributed by atoms with E-state index < -0.39 is 16.6 Å². The molecule has 0 aliphatic carbocycles. The van der Waals surface area contributed by atoms with E-state index in [1.807, 2.05) is 6.92 Å². The van der Waals surface area contributed by atoms with Gasteiger partial charge in [0, 0.05) is 6.61 Å². The van der Waals surface area contributed by atoms with Crippen LogP contribution in [0.15, 0.2) is 0 Å². The zero-order valence-corrected chi connectivity index (χ0v) is 8.68. The van der Waals surface area contributed by atoms with Gasteiger partial charge >= 0.3 is 5.97 Å². The van der Waals surface area contributed by atoms with Crippen molar-refractivity contribution in [3.63, 3.8) is 0 Å². The van der Waals surface area contributed by atoms with Crippen molar-refractivity contribution in [2.24, 2.45) is 0 Å². The van der Waals surface area contributed by atoms with E-state index in [-0.39, 0.29) is 0 Å². The van der Waals surface area contributed by atoms with Crippen molar-refractivity contribution in [1.82, 2.24) is 0 Å². The van der Waals surface area contributed by atoms with Crippen LogP contribution in [0.25, 0.3) is 0 Å². The molecule has 0 radical (unpaired) electrons. The lowest BCUT2D eigenvalue weighted by molar-refractivity contribution is -0.143. The summed E-state index contributed by atoms with van der Waals surface area (Å²) in [5, 5.41) is -1.35. The van der Waals surface area contributed by atoms with Crippen molar-refractivity contribution < 1.29 is 19.0 Å². The second-order valence-electron chi connectivity index (χ2n) is 3.06. The van der Waals surface area contributed by atoms with E-state index in [0.29, 0.717) is 13.2 Å². The topological polar surface area (TPSA) is 48.1 Å². The number of epoxide rings is 1. The molecule has 0 aromatic heterocycles. The van der Waals surface area contributed by atoms with Gasteiger partial charge in [-0.3, -0.25) is 0 Å². The van der Waals surface area contributed by atoms with E-state index in [4.69, 9.17) is 21.1 Å². The molecule has 1 heterocycles. The number of ether oxygens (including phenoxy) is 3. The standard InChI is InChI=1S/C8H13ClO4/c1-4-12-5-7(2)8(9,13-7)6(10)11-3/h4-5H2,1-3H3. The minimum absolute atomic E-state index is 0.294. The predicted molar refractivity (Wildman–Crippen MR) is 46.6 cm³/mol. The van der Waals surface area contributed by atoms with Crippen molar-refractivity contribution >= 4 is 17.6 Å². The van der Waals surface area contributed by atoms with Gasteiger partial charge in [0.1, 0.15) is 5.60 Å². The van der Waals surface area contributed by atoms with Gasteiger partial charge in [-0.2, -0.15) is 0 Å². The molecule has 0 amide bonds. The van der Waals surface area contributed by atoms with Crippen LogP contribution >= 0.6 is 11.6 Å². The minimum Gasteiger partial charge on any atom is -0.466 e. The first kappa shape index (κ1) is 10.8. The molecule has 5 heteroatoms. The Hall–Kier alpha value is -0.320. The van der Waals surface area contributed by atoms with Crippen molar-refractivity contribution in [3.05, 3.63) is 0 Å². The third kappa shape index (κ3) is 1.66. The fourth-order valence-electron chi connectivity index (χ4n) is 1.09. The van der Waals surface area contributed by atoms with Crippen LogP contribution in [-0.4, -0.2) is 37.0 Å². The number of esters is 1. The fraction of sp³-hybridized carbons (Fsp3) is 0.875. The number of alkyl halides is 1. The quantitative estimate of drug-likeness (QED) is 0.392. The van der Waals surface area contributed by atoms with Gasteiger partial charge in [-0.05, 0) is 13.8 Å². The van der Waals surface area contributed by atoms with Gasteiger partial charge in [-0.15, -0.1) is 0 Å². The molecule has 13 heavy (non-hydrogen) atoms. The summed E-state index contributed by atoms with van der Waals surface area (Å²) in [5.41, 5.74) is -0.752. The smallest absolute Gasteiger partial charge is 0.357 e. The van der Waals surface area contributed by atoms with Gasteiger partial charge in [0.15, 0.2) is 0 Å². The average molecular weight is 209 g/mol. The zero-order valence-electron chi connectivity index (χ0n) is 7.93. The van der Waals surface area contributed by atoms with Crippen molar-refractivity contribution in [2.45, 2.75) is 24.5 Å². The molecule has 1 rings (SSSR count). The minimum atomic E-state index is -1.35. The Balaban J connectivity index is 2.53. The second kappa shape index (κ2) is 3.44. The van der Waals surface area contributed by atoms with E-state index >= 15 is 0 Å². The molecule has 0 spiro atoms. The summed E-state index contributed by atoms with van der Waals surface area (Å²) in [5.74, 6) is -0.573. The Morgan fingerprint density at radius 3 is 2.69 bits per heavy atom. The lowest BCUT2D eigenvalue weighted by atomic mass is 10.1.